The maximum atomic E-state index is 12.7. The lowest BCUT2D eigenvalue weighted by molar-refractivity contribution is 0.574. The van der Waals surface area contributed by atoms with Gasteiger partial charge in [0, 0.05) is 23.2 Å². The smallest absolute Gasteiger partial charge is 0.215 e. The number of azide groups is 1. The van der Waals surface area contributed by atoms with Crippen molar-refractivity contribution in [1.82, 2.24) is 4.98 Å². The Kier molecular flexibility index (Phi) is 3.64. The highest BCUT2D eigenvalue weighted by Crippen LogP contribution is 2.07. The Morgan fingerprint density at radius 2 is 2.50 bits per heavy atom. The topological polar surface area (TPSA) is 61.7 Å². The first kappa shape index (κ1) is 10.2. The van der Waals surface area contributed by atoms with Gasteiger partial charge in [-0.15, -0.1) is 0 Å². The Balaban J connectivity index is 2.72. The van der Waals surface area contributed by atoms with Crippen molar-refractivity contribution in [3.8, 4) is 0 Å². The van der Waals surface area contributed by atoms with Crippen molar-refractivity contribution in [2.24, 2.45) is 5.11 Å². The summed E-state index contributed by atoms with van der Waals surface area (Å²) in [5, 5.41) is 3.33. The Labute approximate surface area is 80.7 Å². The van der Waals surface area contributed by atoms with Crippen molar-refractivity contribution in [2.75, 3.05) is 6.54 Å². The van der Waals surface area contributed by atoms with Crippen molar-refractivity contribution >= 4 is 6.08 Å². The second kappa shape index (κ2) is 4.99. The first-order chi connectivity index (χ1) is 6.74. The van der Waals surface area contributed by atoms with Gasteiger partial charge >= 0.3 is 0 Å². The van der Waals surface area contributed by atoms with Gasteiger partial charge in [-0.3, -0.25) is 0 Å². The molecule has 72 valence electrons. The second-order valence-corrected chi connectivity index (χ2v) is 2.69. The molecule has 0 radical (unpaired) electrons. The molecule has 0 aliphatic heterocycles. The minimum atomic E-state index is -0.461. The molecule has 0 unspecified atom stereocenters. The highest BCUT2D eigenvalue weighted by Gasteiger charge is 1.96. The Bertz CT molecular complexity index is 394. The minimum Gasteiger partial charge on any atom is -0.227 e. The summed E-state index contributed by atoms with van der Waals surface area (Å²) >= 11 is 0. The van der Waals surface area contributed by atoms with Gasteiger partial charge in [0.1, 0.15) is 0 Å². The van der Waals surface area contributed by atoms with Crippen molar-refractivity contribution in [1.29, 1.82) is 0 Å². The number of hydrogen-bond acceptors (Lipinski definition) is 2. The van der Waals surface area contributed by atoms with E-state index in [4.69, 9.17) is 5.53 Å². The van der Waals surface area contributed by atoms with E-state index in [0.717, 1.165) is 5.56 Å². The molecule has 1 rings (SSSR count). The Morgan fingerprint density at radius 3 is 3.14 bits per heavy atom. The standard InChI is InChI=1S/C9H9FN4/c1-7-5-8(6-12-9(7)10)3-2-4-13-14-11/h2-3,5-6H,4H2,1H3. The molecule has 0 saturated heterocycles. The van der Waals surface area contributed by atoms with Crippen LogP contribution in [0.5, 0.6) is 0 Å². The normalized spacial score (nSPS) is 10.1. The van der Waals surface area contributed by atoms with Gasteiger partial charge in [-0.25, -0.2) is 4.98 Å². The predicted molar refractivity (Wildman–Crippen MR) is 52.0 cm³/mol. The molecule has 0 N–H and O–H groups in total. The van der Waals surface area contributed by atoms with Crippen LogP contribution in [0.1, 0.15) is 11.1 Å². The van der Waals surface area contributed by atoms with Crippen LogP contribution in [-0.2, 0) is 0 Å². The van der Waals surface area contributed by atoms with Gasteiger partial charge in [0.05, 0.1) is 0 Å². The summed E-state index contributed by atoms with van der Waals surface area (Å²) in [6, 6.07) is 1.68. The number of aromatic nitrogens is 1. The van der Waals surface area contributed by atoms with Gasteiger partial charge in [0.15, 0.2) is 0 Å². The molecule has 5 heteroatoms. The summed E-state index contributed by atoms with van der Waals surface area (Å²) in [5.41, 5.74) is 9.29. The number of halogens is 1. The van der Waals surface area contributed by atoms with Crippen LogP contribution in [-0.4, -0.2) is 11.5 Å². The molecule has 1 heterocycles. The van der Waals surface area contributed by atoms with Gasteiger partial charge in [-0.1, -0.05) is 17.3 Å². The molecule has 0 aliphatic carbocycles. The van der Waals surface area contributed by atoms with Crippen molar-refractivity contribution in [3.63, 3.8) is 0 Å². The van der Waals surface area contributed by atoms with E-state index in [1.54, 1.807) is 25.1 Å². The summed E-state index contributed by atoms with van der Waals surface area (Å²) in [7, 11) is 0. The SMILES string of the molecule is Cc1cc(C=CCN=[N+]=[N-])cnc1F. The average molecular weight is 192 g/mol. The van der Waals surface area contributed by atoms with Crippen LogP contribution < -0.4 is 0 Å². The fourth-order valence-corrected chi connectivity index (χ4v) is 0.943. The Morgan fingerprint density at radius 1 is 1.71 bits per heavy atom. The van der Waals surface area contributed by atoms with Crippen LogP contribution in [0.4, 0.5) is 4.39 Å². The summed E-state index contributed by atoms with van der Waals surface area (Å²) < 4.78 is 12.7. The molecule has 1 aromatic heterocycles. The maximum absolute atomic E-state index is 12.7. The van der Waals surface area contributed by atoms with Crippen LogP contribution in [0.15, 0.2) is 23.5 Å². The lowest BCUT2D eigenvalue weighted by atomic mass is 10.2. The fourth-order valence-electron chi connectivity index (χ4n) is 0.943. The molecule has 0 spiro atoms. The van der Waals surface area contributed by atoms with Crippen LogP contribution in [0.25, 0.3) is 16.5 Å². The first-order valence-electron chi connectivity index (χ1n) is 4.03. The van der Waals surface area contributed by atoms with E-state index in [0.29, 0.717) is 5.56 Å². The van der Waals surface area contributed by atoms with Gasteiger partial charge in [0.25, 0.3) is 0 Å². The monoisotopic (exact) mass is 192 g/mol. The summed E-state index contributed by atoms with van der Waals surface area (Å²) in [6.07, 6.45) is 4.84. The molecule has 0 aliphatic rings. The quantitative estimate of drug-likeness (QED) is 0.314. The van der Waals surface area contributed by atoms with Gasteiger partial charge in [-0.2, -0.15) is 4.39 Å². The van der Waals surface area contributed by atoms with Gasteiger partial charge < -0.3 is 0 Å². The van der Waals surface area contributed by atoms with Gasteiger partial charge in [-0.05, 0) is 24.1 Å². The molecule has 0 atom stereocenters. The summed E-state index contributed by atoms with van der Waals surface area (Å²) in [6.45, 7) is 1.93. The van der Waals surface area contributed by atoms with Crippen molar-refractivity contribution < 1.29 is 4.39 Å². The van der Waals surface area contributed by atoms with Crippen molar-refractivity contribution in [2.45, 2.75) is 6.92 Å². The van der Waals surface area contributed by atoms with E-state index in [-0.39, 0.29) is 6.54 Å². The van der Waals surface area contributed by atoms with E-state index in [1.165, 1.54) is 6.20 Å². The number of pyridine rings is 1. The molecule has 1 aromatic rings. The molecular weight excluding hydrogens is 183 g/mol. The number of rotatable bonds is 3. The third kappa shape index (κ3) is 2.88. The van der Waals surface area contributed by atoms with E-state index in [1.807, 2.05) is 0 Å². The van der Waals surface area contributed by atoms with Crippen molar-refractivity contribution in [3.05, 3.63) is 45.9 Å². The van der Waals surface area contributed by atoms with E-state index in [9.17, 15) is 4.39 Å². The highest BCUT2D eigenvalue weighted by molar-refractivity contribution is 5.48. The van der Waals surface area contributed by atoms with Crippen LogP contribution in [0.3, 0.4) is 0 Å². The average Bonchev–Trinajstić information content (AvgIpc) is 2.18. The maximum Gasteiger partial charge on any atom is 0.215 e. The van der Waals surface area contributed by atoms with Crippen LogP contribution in [0, 0.1) is 12.9 Å². The summed E-state index contributed by atoms with van der Waals surface area (Å²) in [5.74, 6) is -0.461. The van der Waals surface area contributed by atoms with E-state index >= 15 is 0 Å². The third-order valence-electron chi connectivity index (χ3n) is 1.60. The molecular formula is C9H9FN4. The zero-order chi connectivity index (χ0) is 10.4. The second-order valence-electron chi connectivity index (χ2n) is 2.69. The van der Waals surface area contributed by atoms with E-state index < -0.39 is 5.95 Å². The van der Waals surface area contributed by atoms with Gasteiger partial charge in [0.2, 0.25) is 5.95 Å². The third-order valence-corrected chi connectivity index (χ3v) is 1.60. The minimum absolute atomic E-state index is 0.285. The fraction of sp³-hybridized carbons (Fsp3) is 0.222. The van der Waals surface area contributed by atoms with Crippen LogP contribution >= 0.6 is 0 Å². The molecule has 4 nitrogen and oxygen atoms in total. The molecule has 0 saturated carbocycles. The molecule has 0 aromatic carbocycles. The first-order valence-corrected chi connectivity index (χ1v) is 4.03. The largest absolute Gasteiger partial charge is 0.227 e. The molecule has 0 bridgehead atoms. The lowest BCUT2D eigenvalue weighted by Crippen LogP contribution is -1.88. The zero-order valence-electron chi connectivity index (χ0n) is 7.68. The molecule has 0 fully saturated rings. The highest BCUT2D eigenvalue weighted by atomic mass is 19.1. The van der Waals surface area contributed by atoms with Crippen LogP contribution in [0.2, 0.25) is 0 Å². The molecule has 0 amide bonds. The lowest BCUT2D eigenvalue weighted by Gasteiger charge is -1.96. The number of nitrogens with zero attached hydrogens (tertiary/aromatic N) is 4. The number of aryl methyl sites for hydroxylation is 1. The zero-order valence-corrected chi connectivity index (χ0v) is 7.68. The summed E-state index contributed by atoms with van der Waals surface area (Å²) in [4.78, 5) is 6.15. The predicted octanol–water partition coefficient (Wildman–Crippen LogP) is 2.85. The molecule has 14 heavy (non-hydrogen) atoms. The Hall–Kier alpha value is -1.87. The number of hydrogen-bond donors (Lipinski definition) is 0. The van der Waals surface area contributed by atoms with E-state index in [2.05, 4.69) is 15.0 Å².